The first-order chi connectivity index (χ1) is 6.47. The molecule has 1 unspecified atom stereocenters. The van der Waals surface area contributed by atoms with Crippen LogP contribution in [0.4, 0.5) is 0 Å². The molecule has 0 heterocycles. The normalized spacial score (nSPS) is 15.3. The number of sulfonamides is 1. The van der Waals surface area contributed by atoms with Crippen molar-refractivity contribution in [2.24, 2.45) is 11.1 Å². The zero-order chi connectivity index (χ0) is 12.4. The number of hydrogen-bond donors (Lipinski definition) is 2. The molecule has 0 aromatic carbocycles. The summed E-state index contributed by atoms with van der Waals surface area (Å²) >= 11 is 0. The van der Waals surface area contributed by atoms with E-state index in [9.17, 15) is 8.42 Å². The van der Waals surface area contributed by atoms with Crippen molar-refractivity contribution in [2.75, 3.05) is 12.8 Å². The number of rotatable bonds is 4. The van der Waals surface area contributed by atoms with Crippen LogP contribution in [0.1, 0.15) is 27.7 Å². The van der Waals surface area contributed by atoms with Crippen molar-refractivity contribution in [1.29, 1.82) is 5.41 Å². The maximum atomic E-state index is 11.9. The molecule has 0 saturated carbocycles. The quantitative estimate of drug-likeness (QED) is 0.553. The van der Waals surface area contributed by atoms with Crippen molar-refractivity contribution >= 4 is 15.9 Å². The monoisotopic (exact) mass is 235 g/mol. The lowest BCUT2D eigenvalue weighted by atomic mass is 10.0. The first-order valence-electron chi connectivity index (χ1n) is 4.77. The van der Waals surface area contributed by atoms with Crippen LogP contribution in [0.15, 0.2) is 0 Å². The predicted octanol–water partition coefficient (Wildman–Crippen LogP) is 0.619. The van der Waals surface area contributed by atoms with Gasteiger partial charge < -0.3 is 5.73 Å². The number of nitrogens with one attached hydrogen (secondary N) is 1. The Bertz CT molecular complexity index is 330. The van der Waals surface area contributed by atoms with E-state index in [1.54, 1.807) is 6.92 Å². The molecule has 0 saturated heterocycles. The molecule has 0 aliphatic carbocycles. The maximum absolute atomic E-state index is 11.9. The van der Waals surface area contributed by atoms with E-state index < -0.39 is 16.1 Å². The topological polar surface area (TPSA) is 87.2 Å². The van der Waals surface area contributed by atoms with Gasteiger partial charge in [-0.05, 0) is 12.3 Å². The summed E-state index contributed by atoms with van der Waals surface area (Å²) in [6.45, 7) is 7.17. The summed E-state index contributed by atoms with van der Waals surface area (Å²) in [5.74, 6) is -0.0938. The Kier molecular flexibility index (Phi) is 4.30. The van der Waals surface area contributed by atoms with Crippen molar-refractivity contribution in [1.82, 2.24) is 4.31 Å². The molecule has 0 spiro atoms. The van der Waals surface area contributed by atoms with E-state index >= 15 is 0 Å². The summed E-state index contributed by atoms with van der Waals surface area (Å²) < 4.78 is 24.9. The Morgan fingerprint density at radius 2 is 1.87 bits per heavy atom. The third kappa shape index (κ3) is 4.61. The molecule has 0 amide bonds. The lowest BCUT2D eigenvalue weighted by molar-refractivity contribution is 0.411. The van der Waals surface area contributed by atoms with Gasteiger partial charge in [0.15, 0.2) is 0 Å². The molecule has 15 heavy (non-hydrogen) atoms. The second-order valence-electron chi connectivity index (χ2n) is 4.96. The summed E-state index contributed by atoms with van der Waals surface area (Å²) in [6, 6.07) is -0.586. The van der Waals surface area contributed by atoms with Crippen LogP contribution < -0.4 is 5.73 Å². The van der Waals surface area contributed by atoms with Crippen molar-refractivity contribution < 1.29 is 8.42 Å². The van der Waals surface area contributed by atoms with E-state index in [0.717, 1.165) is 4.31 Å². The molecule has 1 atom stereocenters. The minimum absolute atomic E-state index is 0.0497. The van der Waals surface area contributed by atoms with E-state index in [0.29, 0.717) is 0 Å². The fourth-order valence-electron chi connectivity index (χ4n) is 1.09. The highest BCUT2D eigenvalue weighted by molar-refractivity contribution is 7.89. The average molecular weight is 235 g/mol. The highest BCUT2D eigenvalue weighted by Gasteiger charge is 2.29. The van der Waals surface area contributed by atoms with Gasteiger partial charge in [0, 0.05) is 7.05 Å². The largest absolute Gasteiger partial charge is 0.386 e. The van der Waals surface area contributed by atoms with E-state index in [1.807, 2.05) is 20.8 Å². The van der Waals surface area contributed by atoms with Gasteiger partial charge in [-0.1, -0.05) is 20.8 Å². The van der Waals surface area contributed by atoms with Crippen molar-refractivity contribution in [3.8, 4) is 0 Å². The van der Waals surface area contributed by atoms with E-state index in [1.165, 1.54) is 7.05 Å². The lowest BCUT2D eigenvalue weighted by Gasteiger charge is -2.27. The molecule has 0 aromatic heterocycles. The molecule has 6 heteroatoms. The fourth-order valence-corrected chi connectivity index (χ4v) is 2.98. The second-order valence-corrected chi connectivity index (χ2v) is 6.99. The zero-order valence-corrected chi connectivity index (χ0v) is 10.9. The van der Waals surface area contributed by atoms with Gasteiger partial charge in [-0.3, -0.25) is 5.41 Å². The average Bonchev–Trinajstić information content (AvgIpc) is 1.96. The Labute approximate surface area is 92.2 Å². The smallest absolute Gasteiger partial charge is 0.215 e. The summed E-state index contributed by atoms with van der Waals surface area (Å²) in [6.07, 6.45) is 0. The maximum Gasteiger partial charge on any atom is 0.215 e. The number of nitrogens with two attached hydrogens (primary N) is 1. The molecule has 0 bridgehead atoms. The van der Waals surface area contributed by atoms with Gasteiger partial charge in [0.25, 0.3) is 0 Å². The van der Waals surface area contributed by atoms with Crippen molar-refractivity contribution in [3.05, 3.63) is 0 Å². The molecule has 0 aromatic rings. The molecule has 0 fully saturated rings. The molecule has 0 aliphatic rings. The first-order valence-corrected chi connectivity index (χ1v) is 6.38. The van der Waals surface area contributed by atoms with Gasteiger partial charge in [0.2, 0.25) is 10.0 Å². The molecular formula is C9H21N3O2S. The van der Waals surface area contributed by atoms with Crippen LogP contribution >= 0.6 is 0 Å². The highest BCUT2D eigenvalue weighted by Crippen LogP contribution is 2.19. The predicted molar refractivity (Wildman–Crippen MR) is 62.4 cm³/mol. The standard InChI is InChI=1S/C9H21N3O2S/c1-7(8(10)11)12(5)15(13,14)6-9(2,3)4/h7H,6H2,1-5H3,(H3,10,11). The Morgan fingerprint density at radius 3 is 2.13 bits per heavy atom. The zero-order valence-electron chi connectivity index (χ0n) is 10.0. The molecule has 0 aliphatic heterocycles. The van der Waals surface area contributed by atoms with Crippen LogP contribution in [0.25, 0.3) is 0 Å². The van der Waals surface area contributed by atoms with E-state index in [2.05, 4.69) is 0 Å². The molecule has 3 N–H and O–H groups in total. The van der Waals surface area contributed by atoms with Crippen LogP contribution in [0.3, 0.4) is 0 Å². The number of likely N-dealkylation sites (N-methyl/N-ethyl adjacent to an activating group) is 1. The summed E-state index contributed by atoms with van der Waals surface area (Å²) in [5, 5.41) is 7.21. The van der Waals surface area contributed by atoms with Crippen LogP contribution in [-0.4, -0.2) is 37.4 Å². The highest BCUT2D eigenvalue weighted by atomic mass is 32.2. The first kappa shape index (κ1) is 14.4. The van der Waals surface area contributed by atoms with Crippen molar-refractivity contribution in [2.45, 2.75) is 33.7 Å². The van der Waals surface area contributed by atoms with Gasteiger partial charge in [-0.2, -0.15) is 4.31 Å². The SMILES string of the molecule is CC(C(=N)N)N(C)S(=O)(=O)CC(C)(C)C. The van der Waals surface area contributed by atoms with Crippen LogP contribution in [0.5, 0.6) is 0 Å². The van der Waals surface area contributed by atoms with Crippen LogP contribution in [-0.2, 0) is 10.0 Å². The van der Waals surface area contributed by atoms with Gasteiger partial charge in [0.05, 0.1) is 11.8 Å². The van der Waals surface area contributed by atoms with Gasteiger partial charge >= 0.3 is 0 Å². The number of nitrogens with zero attached hydrogens (tertiary/aromatic N) is 1. The number of hydrogen-bond acceptors (Lipinski definition) is 3. The fraction of sp³-hybridized carbons (Fsp3) is 0.889. The molecule has 0 radical (unpaired) electrons. The Hall–Kier alpha value is -0.620. The third-order valence-corrected chi connectivity index (χ3v) is 4.47. The van der Waals surface area contributed by atoms with Crippen LogP contribution in [0.2, 0.25) is 0 Å². The van der Waals surface area contributed by atoms with E-state index in [-0.39, 0.29) is 17.0 Å². The molecule has 5 nitrogen and oxygen atoms in total. The van der Waals surface area contributed by atoms with Gasteiger partial charge in [-0.25, -0.2) is 8.42 Å². The van der Waals surface area contributed by atoms with Gasteiger partial charge in [-0.15, -0.1) is 0 Å². The Morgan fingerprint density at radius 1 is 1.47 bits per heavy atom. The molecule has 90 valence electrons. The summed E-state index contributed by atoms with van der Waals surface area (Å²) in [5.41, 5.74) is 4.97. The minimum Gasteiger partial charge on any atom is -0.386 e. The summed E-state index contributed by atoms with van der Waals surface area (Å²) in [4.78, 5) is 0. The molecular weight excluding hydrogens is 214 g/mol. The second kappa shape index (κ2) is 4.49. The minimum atomic E-state index is -3.35. The summed E-state index contributed by atoms with van der Waals surface area (Å²) in [7, 11) is -1.90. The molecule has 0 rings (SSSR count). The third-order valence-electron chi connectivity index (χ3n) is 2.05. The van der Waals surface area contributed by atoms with Crippen molar-refractivity contribution in [3.63, 3.8) is 0 Å². The van der Waals surface area contributed by atoms with E-state index in [4.69, 9.17) is 11.1 Å². The van der Waals surface area contributed by atoms with Crippen LogP contribution in [0, 0.1) is 10.8 Å². The lowest BCUT2D eigenvalue weighted by Crippen LogP contribution is -2.45. The number of amidine groups is 1. The van der Waals surface area contributed by atoms with Gasteiger partial charge in [0.1, 0.15) is 5.84 Å². The Balaban J connectivity index is 4.83.